The largest absolute Gasteiger partial charge is 0.395 e. The first-order valence-corrected chi connectivity index (χ1v) is 6.49. The topological polar surface area (TPSA) is 55.7 Å². The van der Waals surface area contributed by atoms with Crippen molar-refractivity contribution >= 4 is 11.8 Å². The summed E-state index contributed by atoms with van der Waals surface area (Å²) in [6, 6.07) is 0.210. The molecule has 0 saturated heterocycles. The van der Waals surface area contributed by atoms with Crippen LogP contribution in [-0.2, 0) is 0 Å². The number of likely N-dealkylation sites (N-methyl/N-ethyl adjacent to an activating group) is 1. The number of thioether (sulfide) groups is 1. The van der Waals surface area contributed by atoms with Crippen molar-refractivity contribution in [1.82, 2.24) is 10.2 Å². The van der Waals surface area contributed by atoms with Crippen LogP contribution in [-0.4, -0.2) is 72.6 Å². The highest BCUT2D eigenvalue weighted by molar-refractivity contribution is 7.99. The van der Waals surface area contributed by atoms with Crippen LogP contribution in [0.15, 0.2) is 0 Å². The van der Waals surface area contributed by atoms with Crippen LogP contribution in [0.5, 0.6) is 0 Å². The Morgan fingerprint density at radius 1 is 1.40 bits per heavy atom. The van der Waals surface area contributed by atoms with Crippen molar-refractivity contribution < 1.29 is 10.2 Å². The van der Waals surface area contributed by atoms with E-state index in [1.54, 1.807) is 11.8 Å². The number of nitrogens with zero attached hydrogens (tertiary/aromatic N) is 1. The average molecular weight is 236 g/mol. The molecule has 0 aromatic heterocycles. The van der Waals surface area contributed by atoms with Crippen LogP contribution >= 0.6 is 11.8 Å². The molecule has 0 aliphatic rings. The van der Waals surface area contributed by atoms with E-state index in [-0.39, 0.29) is 24.0 Å². The van der Waals surface area contributed by atoms with E-state index in [0.717, 1.165) is 0 Å². The summed E-state index contributed by atoms with van der Waals surface area (Å²) in [5.41, 5.74) is 0. The Morgan fingerprint density at radius 2 is 2.00 bits per heavy atom. The zero-order valence-electron chi connectivity index (χ0n) is 10.1. The lowest BCUT2D eigenvalue weighted by Crippen LogP contribution is -2.43. The SMILES string of the molecule is CSC(CO)C(C)NCC(O)CN(C)C. The van der Waals surface area contributed by atoms with Crippen molar-refractivity contribution in [2.45, 2.75) is 24.3 Å². The number of rotatable bonds is 8. The van der Waals surface area contributed by atoms with Gasteiger partial charge in [0.1, 0.15) is 0 Å². The molecule has 3 atom stereocenters. The lowest BCUT2D eigenvalue weighted by molar-refractivity contribution is 0.130. The standard InChI is InChI=1S/C10H24N2O2S/c1-8(10(7-13)15-4)11-5-9(14)6-12(2)3/h8-11,13-14H,5-7H2,1-4H3. The number of aliphatic hydroxyl groups excluding tert-OH is 2. The molecule has 92 valence electrons. The van der Waals surface area contributed by atoms with Gasteiger partial charge in [-0.1, -0.05) is 0 Å². The molecule has 3 N–H and O–H groups in total. The van der Waals surface area contributed by atoms with Crippen LogP contribution in [0.2, 0.25) is 0 Å². The number of nitrogens with one attached hydrogen (secondary N) is 1. The van der Waals surface area contributed by atoms with Gasteiger partial charge in [-0.05, 0) is 27.3 Å². The first-order chi connectivity index (χ1) is 7.01. The highest BCUT2D eigenvalue weighted by atomic mass is 32.2. The second-order valence-corrected chi connectivity index (χ2v) is 5.15. The Labute approximate surface area is 97.0 Å². The third-order valence-corrected chi connectivity index (χ3v) is 3.45. The van der Waals surface area contributed by atoms with Gasteiger partial charge in [-0.15, -0.1) is 0 Å². The van der Waals surface area contributed by atoms with Gasteiger partial charge in [-0.25, -0.2) is 0 Å². The van der Waals surface area contributed by atoms with E-state index >= 15 is 0 Å². The number of hydrogen-bond acceptors (Lipinski definition) is 5. The van der Waals surface area contributed by atoms with E-state index in [9.17, 15) is 5.11 Å². The predicted octanol–water partition coefficient (Wildman–Crippen LogP) is -0.389. The molecule has 0 fully saturated rings. The van der Waals surface area contributed by atoms with E-state index < -0.39 is 0 Å². The molecule has 0 aromatic carbocycles. The fourth-order valence-corrected chi connectivity index (χ4v) is 2.03. The number of hydrogen-bond donors (Lipinski definition) is 3. The van der Waals surface area contributed by atoms with E-state index in [0.29, 0.717) is 13.1 Å². The summed E-state index contributed by atoms with van der Waals surface area (Å²) in [5, 5.41) is 22.1. The summed E-state index contributed by atoms with van der Waals surface area (Å²) in [4.78, 5) is 1.95. The summed E-state index contributed by atoms with van der Waals surface area (Å²) in [7, 11) is 3.87. The Morgan fingerprint density at radius 3 is 2.40 bits per heavy atom. The molecule has 3 unspecified atom stereocenters. The molecule has 0 spiro atoms. The van der Waals surface area contributed by atoms with Crippen LogP contribution in [0, 0.1) is 0 Å². The smallest absolute Gasteiger partial charge is 0.0791 e. The maximum atomic E-state index is 9.62. The molecule has 0 aromatic rings. The lowest BCUT2D eigenvalue weighted by atomic mass is 10.2. The summed E-state index contributed by atoms with van der Waals surface area (Å²) < 4.78 is 0. The van der Waals surface area contributed by atoms with E-state index in [2.05, 4.69) is 5.32 Å². The minimum atomic E-state index is -0.358. The maximum Gasteiger partial charge on any atom is 0.0791 e. The van der Waals surface area contributed by atoms with E-state index in [1.807, 2.05) is 32.2 Å². The van der Waals surface area contributed by atoms with Gasteiger partial charge in [0, 0.05) is 24.4 Å². The van der Waals surface area contributed by atoms with Crippen molar-refractivity contribution in [2.75, 3.05) is 40.0 Å². The van der Waals surface area contributed by atoms with Crippen LogP contribution < -0.4 is 5.32 Å². The third kappa shape index (κ3) is 7.14. The van der Waals surface area contributed by atoms with Gasteiger partial charge in [0.05, 0.1) is 12.7 Å². The Hall–Kier alpha value is 0.190. The average Bonchev–Trinajstić information content (AvgIpc) is 2.15. The summed E-state index contributed by atoms with van der Waals surface area (Å²) in [6.07, 6.45) is 1.62. The molecule has 0 rings (SSSR count). The molecule has 5 heteroatoms. The number of aliphatic hydroxyl groups is 2. The summed E-state index contributed by atoms with van der Waals surface area (Å²) in [6.45, 7) is 3.41. The molecule has 0 aliphatic heterocycles. The van der Waals surface area contributed by atoms with Crippen LogP contribution in [0.3, 0.4) is 0 Å². The van der Waals surface area contributed by atoms with Crippen molar-refractivity contribution in [3.05, 3.63) is 0 Å². The zero-order valence-corrected chi connectivity index (χ0v) is 10.9. The fraction of sp³-hybridized carbons (Fsp3) is 1.00. The molecule has 15 heavy (non-hydrogen) atoms. The van der Waals surface area contributed by atoms with Crippen molar-refractivity contribution in [1.29, 1.82) is 0 Å². The van der Waals surface area contributed by atoms with Gasteiger partial charge in [-0.2, -0.15) is 11.8 Å². The maximum absolute atomic E-state index is 9.62. The van der Waals surface area contributed by atoms with Gasteiger partial charge in [0.2, 0.25) is 0 Å². The van der Waals surface area contributed by atoms with E-state index in [1.165, 1.54) is 0 Å². The fourth-order valence-electron chi connectivity index (χ4n) is 1.38. The first kappa shape index (κ1) is 15.2. The molecule has 0 saturated carbocycles. The predicted molar refractivity (Wildman–Crippen MR) is 66.4 cm³/mol. The monoisotopic (exact) mass is 236 g/mol. The van der Waals surface area contributed by atoms with Gasteiger partial charge < -0.3 is 20.4 Å². The summed E-state index contributed by atoms with van der Waals surface area (Å²) >= 11 is 1.64. The summed E-state index contributed by atoms with van der Waals surface area (Å²) in [5.74, 6) is 0. The molecular weight excluding hydrogens is 212 g/mol. The van der Waals surface area contributed by atoms with Crippen molar-refractivity contribution in [2.24, 2.45) is 0 Å². The van der Waals surface area contributed by atoms with Crippen LogP contribution in [0.1, 0.15) is 6.92 Å². The van der Waals surface area contributed by atoms with Gasteiger partial charge >= 0.3 is 0 Å². The van der Waals surface area contributed by atoms with Crippen molar-refractivity contribution in [3.63, 3.8) is 0 Å². The second-order valence-electron chi connectivity index (χ2n) is 4.07. The quantitative estimate of drug-likeness (QED) is 0.536. The highest BCUT2D eigenvalue weighted by Gasteiger charge is 2.15. The molecule has 0 radical (unpaired) electrons. The molecule has 4 nitrogen and oxygen atoms in total. The Balaban J connectivity index is 3.73. The van der Waals surface area contributed by atoms with E-state index in [4.69, 9.17) is 5.11 Å². The molecule has 0 heterocycles. The molecule has 0 bridgehead atoms. The molecular formula is C10H24N2O2S. The van der Waals surface area contributed by atoms with Gasteiger partial charge in [0.15, 0.2) is 0 Å². The second kappa shape index (κ2) is 8.35. The molecule has 0 amide bonds. The third-order valence-electron chi connectivity index (χ3n) is 2.29. The Bertz CT molecular complexity index is 154. The van der Waals surface area contributed by atoms with Crippen molar-refractivity contribution in [3.8, 4) is 0 Å². The Kier molecular flexibility index (Phi) is 8.46. The zero-order chi connectivity index (χ0) is 11.8. The highest BCUT2D eigenvalue weighted by Crippen LogP contribution is 2.09. The minimum Gasteiger partial charge on any atom is -0.395 e. The normalized spacial score (nSPS) is 17.8. The van der Waals surface area contributed by atoms with Crippen LogP contribution in [0.25, 0.3) is 0 Å². The minimum absolute atomic E-state index is 0.166. The first-order valence-electron chi connectivity index (χ1n) is 5.21. The van der Waals surface area contributed by atoms with Gasteiger partial charge in [0.25, 0.3) is 0 Å². The lowest BCUT2D eigenvalue weighted by Gasteiger charge is -2.24. The van der Waals surface area contributed by atoms with Crippen LogP contribution in [0.4, 0.5) is 0 Å². The molecule has 0 aliphatic carbocycles. The van der Waals surface area contributed by atoms with Gasteiger partial charge in [-0.3, -0.25) is 0 Å².